The summed E-state index contributed by atoms with van der Waals surface area (Å²) in [5.41, 5.74) is 1.42. The number of carbonyl (C=O) groups is 1. The number of hydrogen-bond donors (Lipinski definition) is 2. The molecule has 1 aliphatic heterocycles. The summed E-state index contributed by atoms with van der Waals surface area (Å²) in [5, 5.41) is 5.89. The first kappa shape index (κ1) is 17.5. The van der Waals surface area contributed by atoms with Gasteiger partial charge in [0.2, 0.25) is 5.88 Å². The molecule has 2 atom stereocenters. The maximum Gasteiger partial charge on any atom is 0.319 e. The minimum absolute atomic E-state index is 0.152. The number of urea groups is 1. The molecule has 1 aromatic rings. The predicted octanol–water partition coefficient (Wildman–Crippen LogP) is 3.11. The maximum absolute atomic E-state index is 12.2. The number of nitrogens with one attached hydrogen (secondary N) is 2. The third-order valence-electron chi connectivity index (χ3n) is 3.95. The molecule has 2 amide bonds. The van der Waals surface area contributed by atoms with Crippen LogP contribution in [0.2, 0.25) is 0 Å². The highest BCUT2D eigenvalue weighted by atomic mass is 16.5. The highest BCUT2D eigenvalue weighted by Gasteiger charge is 2.24. The topological polar surface area (TPSA) is 72.5 Å². The van der Waals surface area contributed by atoms with E-state index in [9.17, 15) is 4.79 Å². The van der Waals surface area contributed by atoms with Gasteiger partial charge < -0.3 is 20.1 Å². The van der Waals surface area contributed by atoms with Crippen LogP contribution in [0.4, 0.5) is 10.5 Å². The standard InChI is InChI=1S/C17H27N3O3/c1-11(2)9-14-10-13(7-8-23-14)19-17(21)20-15-5-6-16(22-4)18-12(15)3/h5-6,11,13-14H,7-10H2,1-4H3,(H2,19,20,21)/t13-,14-/m1/s1. The van der Waals surface area contributed by atoms with Crippen molar-refractivity contribution >= 4 is 11.7 Å². The van der Waals surface area contributed by atoms with Gasteiger partial charge >= 0.3 is 6.03 Å². The number of aromatic nitrogens is 1. The zero-order valence-electron chi connectivity index (χ0n) is 14.4. The van der Waals surface area contributed by atoms with Crippen LogP contribution in [-0.2, 0) is 4.74 Å². The quantitative estimate of drug-likeness (QED) is 0.874. The third-order valence-corrected chi connectivity index (χ3v) is 3.95. The van der Waals surface area contributed by atoms with Crippen molar-refractivity contribution in [2.75, 3.05) is 19.0 Å². The molecule has 0 bridgehead atoms. The Morgan fingerprint density at radius 1 is 1.48 bits per heavy atom. The number of amides is 2. The minimum Gasteiger partial charge on any atom is -0.481 e. The Labute approximate surface area is 138 Å². The summed E-state index contributed by atoms with van der Waals surface area (Å²) in [6.07, 6.45) is 2.98. The molecule has 128 valence electrons. The highest BCUT2D eigenvalue weighted by molar-refractivity contribution is 5.90. The average Bonchev–Trinajstić information content (AvgIpc) is 2.49. The Morgan fingerprint density at radius 2 is 2.26 bits per heavy atom. The summed E-state index contributed by atoms with van der Waals surface area (Å²) < 4.78 is 10.8. The summed E-state index contributed by atoms with van der Waals surface area (Å²) in [6, 6.07) is 3.48. The smallest absolute Gasteiger partial charge is 0.319 e. The number of methoxy groups -OCH3 is 1. The highest BCUT2D eigenvalue weighted by Crippen LogP contribution is 2.21. The number of nitrogens with zero attached hydrogens (tertiary/aromatic N) is 1. The summed E-state index contributed by atoms with van der Waals surface area (Å²) in [5.74, 6) is 1.13. The Balaban J connectivity index is 1.87. The van der Waals surface area contributed by atoms with E-state index in [1.54, 1.807) is 19.2 Å². The van der Waals surface area contributed by atoms with Crippen molar-refractivity contribution in [1.29, 1.82) is 0 Å². The monoisotopic (exact) mass is 321 g/mol. The molecule has 6 nitrogen and oxygen atoms in total. The van der Waals surface area contributed by atoms with E-state index in [1.807, 2.05) is 6.92 Å². The van der Waals surface area contributed by atoms with Crippen molar-refractivity contribution in [3.8, 4) is 5.88 Å². The Morgan fingerprint density at radius 3 is 2.91 bits per heavy atom. The van der Waals surface area contributed by atoms with Crippen LogP contribution in [0.1, 0.15) is 38.8 Å². The second kappa shape index (κ2) is 8.15. The van der Waals surface area contributed by atoms with Gasteiger partial charge in [-0.3, -0.25) is 0 Å². The molecule has 0 aromatic carbocycles. The van der Waals surface area contributed by atoms with Crippen LogP contribution in [0, 0.1) is 12.8 Å². The molecule has 0 unspecified atom stereocenters. The van der Waals surface area contributed by atoms with Crippen molar-refractivity contribution in [2.24, 2.45) is 5.92 Å². The van der Waals surface area contributed by atoms with Gasteiger partial charge in [0.15, 0.2) is 0 Å². The number of rotatable bonds is 5. The van der Waals surface area contributed by atoms with Crippen molar-refractivity contribution in [3.63, 3.8) is 0 Å². The van der Waals surface area contributed by atoms with Gasteiger partial charge in [-0.1, -0.05) is 13.8 Å². The first-order chi connectivity index (χ1) is 11.0. The van der Waals surface area contributed by atoms with Crippen LogP contribution in [0.3, 0.4) is 0 Å². The molecule has 2 rings (SSSR count). The fourth-order valence-electron chi connectivity index (χ4n) is 2.83. The first-order valence-electron chi connectivity index (χ1n) is 8.18. The lowest BCUT2D eigenvalue weighted by atomic mass is 9.96. The maximum atomic E-state index is 12.2. The molecule has 1 saturated heterocycles. The number of carbonyl (C=O) groups excluding carboxylic acids is 1. The SMILES string of the molecule is COc1ccc(NC(=O)N[C@@H]2CCO[C@H](CC(C)C)C2)c(C)n1. The Bertz CT molecular complexity index is 534. The molecule has 6 heteroatoms. The molecule has 2 N–H and O–H groups in total. The fourth-order valence-corrected chi connectivity index (χ4v) is 2.83. The van der Waals surface area contributed by atoms with Crippen molar-refractivity contribution in [1.82, 2.24) is 10.3 Å². The normalized spacial score (nSPS) is 21.1. The molecule has 0 aliphatic carbocycles. The number of ether oxygens (including phenoxy) is 2. The number of hydrogen-bond acceptors (Lipinski definition) is 4. The van der Waals surface area contributed by atoms with Crippen LogP contribution < -0.4 is 15.4 Å². The second-order valence-corrected chi connectivity index (χ2v) is 6.43. The van der Waals surface area contributed by atoms with E-state index < -0.39 is 0 Å². The van der Waals surface area contributed by atoms with Gasteiger partial charge in [0.25, 0.3) is 0 Å². The van der Waals surface area contributed by atoms with E-state index in [2.05, 4.69) is 29.5 Å². The second-order valence-electron chi connectivity index (χ2n) is 6.43. The molecule has 1 aliphatic rings. The molecule has 0 saturated carbocycles. The lowest BCUT2D eigenvalue weighted by molar-refractivity contribution is -0.00717. The van der Waals surface area contributed by atoms with Crippen molar-refractivity contribution < 1.29 is 14.3 Å². The lowest BCUT2D eigenvalue weighted by Gasteiger charge is -2.31. The van der Waals surface area contributed by atoms with Gasteiger partial charge in [0.1, 0.15) is 0 Å². The first-order valence-corrected chi connectivity index (χ1v) is 8.18. The van der Waals surface area contributed by atoms with Gasteiger partial charge in [-0.05, 0) is 38.2 Å². The summed E-state index contributed by atoms with van der Waals surface area (Å²) in [7, 11) is 1.57. The predicted molar refractivity (Wildman–Crippen MR) is 89.9 cm³/mol. The van der Waals surface area contributed by atoms with E-state index >= 15 is 0 Å². The van der Waals surface area contributed by atoms with Gasteiger partial charge in [0.05, 0.1) is 24.6 Å². The van der Waals surface area contributed by atoms with Crippen LogP contribution in [0.25, 0.3) is 0 Å². The van der Waals surface area contributed by atoms with Crippen molar-refractivity contribution in [2.45, 2.75) is 52.2 Å². The van der Waals surface area contributed by atoms with E-state index in [4.69, 9.17) is 9.47 Å². The molecule has 0 radical (unpaired) electrons. The Hall–Kier alpha value is -1.82. The summed E-state index contributed by atoms with van der Waals surface area (Å²) in [4.78, 5) is 16.4. The van der Waals surface area contributed by atoms with E-state index in [-0.39, 0.29) is 18.2 Å². The average molecular weight is 321 g/mol. The summed E-state index contributed by atoms with van der Waals surface area (Å²) in [6.45, 7) is 6.91. The van der Waals surface area contributed by atoms with Crippen LogP contribution >= 0.6 is 0 Å². The van der Waals surface area contributed by atoms with E-state index in [0.717, 1.165) is 25.0 Å². The molecular weight excluding hydrogens is 294 g/mol. The van der Waals surface area contributed by atoms with Gasteiger partial charge in [-0.2, -0.15) is 0 Å². The van der Waals surface area contributed by atoms with Gasteiger partial charge in [-0.15, -0.1) is 0 Å². The molecule has 0 spiro atoms. The minimum atomic E-state index is -0.199. The molecule has 23 heavy (non-hydrogen) atoms. The lowest BCUT2D eigenvalue weighted by Crippen LogP contribution is -2.44. The Kier molecular flexibility index (Phi) is 6.21. The molecule has 2 heterocycles. The molecule has 1 fully saturated rings. The zero-order chi connectivity index (χ0) is 16.8. The zero-order valence-corrected chi connectivity index (χ0v) is 14.4. The van der Waals surface area contributed by atoms with Crippen LogP contribution in [0.5, 0.6) is 5.88 Å². The molecule has 1 aromatic heterocycles. The molecular formula is C17H27N3O3. The van der Waals surface area contributed by atoms with Crippen molar-refractivity contribution in [3.05, 3.63) is 17.8 Å². The summed E-state index contributed by atoms with van der Waals surface area (Å²) >= 11 is 0. The van der Waals surface area contributed by atoms with E-state index in [1.165, 1.54) is 0 Å². The van der Waals surface area contributed by atoms with Gasteiger partial charge in [0, 0.05) is 18.7 Å². The van der Waals surface area contributed by atoms with Crippen LogP contribution in [0.15, 0.2) is 12.1 Å². The van der Waals surface area contributed by atoms with Crippen LogP contribution in [-0.4, -0.2) is 36.9 Å². The number of pyridine rings is 1. The van der Waals surface area contributed by atoms with Gasteiger partial charge in [-0.25, -0.2) is 9.78 Å². The van der Waals surface area contributed by atoms with E-state index in [0.29, 0.717) is 24.1 Å². The number of anilines is 1. The fraction of sp³-hybridized carbons (Fsp3) is 0.647. The third kappa shape index (κ3) is 5.39. The largest absolute Gasteiger partial charge is 0.481 e. The number of aryl methyl sites for hydroxylation is 1.